The van der Waals surface area contributed by atoms with Crippen LogP contribution >= 0.6 is 11.3 Å². The Bertz CT molecular complexity index is 597. The van der Waals surface area contributed by atoms with Crippen LogP contribution in [0.2, 0.25) is 0 Å². The summed E-state index contributed by atoms with van der Waals surface area (Å²) >= 11 is 1.22. The van der Waals surface area contributed by atoms with Crippen molar-refractivity contribution in [1.82, 2.24) is 5.48 Å². The van der Waals surface area contributed by atoms with Crippen LogP contribution in [0.15, 0.2) is 18.2 Å². The molecule has 0 saturated carbocycles. The van der Waals surface area contributed by atoms with Gasteiger partial charge in [0.2, 0.25) is 0 Å². The molecule has 1 aromatic heterocycles. The fraction of sp³-hybridized carbons (Fsp3) is 0.308. The summed E-state index contributed by atoms with van der Waals surface area (Å²) in [7, 11) is 1.51. The summed E-state index contributed by atoms with van der Waals surface area (Å²) in [5, 5.41) is 0.441. The normalized spacial score (nSPS) is 10.9. The van der Waals surface area contributed by atoms with Crippen molar-refractivity contribution in [3.8, 4) is 0 Å². The third-order valence-corrected chi connectivity index (χ3v) is 3.76. The molecule has 0 atom stereocenters. The summed E-state index contributed by atoms with van der Waals surface area (Å²) in [6.45, 7) is 2.31. The highest BCUT2D eigenvalue weighted by atomic mass is 32.1. The number of hydroxylamine groups is 1. The number of carbonyl (C=O) groups is 1. The van der Waals surface area contributed by atoms with Crippen LogP contribution in [0.5, 0.6) is 0 Å². The van der Waals surface area contributed by atoms with Crippen LogP contribution in [0.1, 0.15) is 22.2 Å². The molecular weight excluding hydrogens is 269 g/mol. The first-order valence-corrected chi connectivity index (χ1v) is 6.61. The molecule has 0 unspecified atom stereocenters. The number of rotatable bonds is 5. The highest BCUT2D eigenvalue weighted by Crippen LogP contribution is 2.33. The summed E-state index contributed by atoms with van der Waals surface area (Å²) in [4.78, 5) is 17.3. The van der Waals surface area contributed by atoms with E-state index >= 15 is 0 Å². The predicted molar refractivity (Wildman–Crippen MR) is 71.6 cm³/mol. The fourth-order valence-corrected chi connectivity index (χ4v) is 2.92. The topological polar surface area (TPSA) is 47.6 Å². The Balaban J connectivity index is 2.50. The van der Waals surface area contributed by atoms with Crippen molar-refractivity contribution in [1.29, 1.82) is 0 Å². The molecule has 0 bridgehead atoms. The number of methoxy groups -OCH3 is 1. The highest BCUT2D eigenvalue weighted by Gasteiger charge is 2.20. The maximum atomic E-state index is 13.9. The van der Waals surface area contributed by atoms with E-state index in [1.807, 2.05) is 0 Å². The van der Waals surface area contributed by atoms with Crippen LogP contribution in [0.3, 0.4) is 0 Å². The predicted octanol–water partition coefficient (Wildman–Crippen LogP) is 2.87. The Morgan fingerprint density at radius 3 is 2.95 bits per heavy atom. The van der Waals surface area contributed by atoms with Crippen molar-refractivity contribution < 1.29 is 18.8 Å². The van der Waals surface area contributed by atoms with E-state index in [2.05, 4.69) is 5.48 Å². The molecule has 6 heteroatoms. The number of hydrogen-bond acceptors (Lipinski definition) is 4. The lowest BCUT2D eigenvalue weighted by atomic mass is 10.1. The van der Waals surface area contributed by atoms with E-state index in [4.69, 9.17) is 9.57 Å². The fourth-order valence-electron chi connectivity index (χ4n) is 1.82. The van der Waals surface area contributed by atoms with E-state index in [0.717, 1.165) is 0 Å². The van der Waals surface area contributed by atoms with Gasteiger partial charge >= 0.3 is 0 Å². The molecule has 0 saturated heterocycles. The number of halogens is 1. The first kappa shape index (κ1) is 13.9. The van der Waals surface area contributed by atoms with Crippen molar-refractivity contribution >= 4 is 27.3 Å². The zero-order valence-corrected chi connectivity index (χ0v) is 11.5. The third kappa shape index (κ3) is 2.75. The van der Waals surface area contributed by atoms with Gasteiger partial charge in [-0.3, -0.25) is 9.63 Å². The van der Waals surface area contributed by atoms with Gasteiger partial charge in [0.15, 0.2) is 0 Å². The van der Waals surface area contributed by atoms with E-state index in [-0.39, 0.29) is 18.3 Å². The Kier molecular flexibility index (Phi) is 4.47. The van der Waals surface area contributed by atoms with Gasteiger partial charge in [0.25, 0.3) is 5.91 Å². The number of benzene rings is 1. The smallest absolute Gasteiger partial charge is 0.285 e. The summed E-state index contributed by atoms with van der Waals surface area (Å²) in [5.41, 5.74) is 2.87. The van der Waals surface area contributed by atoms with Gasteiger partial charge in [0.05, 0.1) is 13.2 Å². The lowest BCUT2D eigenvalue weighted by molar-refractivity contribution is 0.0366. The lowest BCUT2D eigenvalue weighted by Crippen LogP contribution is -2.23. The molecule has 1 aromatic carbocycles. The largest absolute Gasteiger partial charge is 0.380 e. The standard InChI is InChI=1S/C13H14FNO3S/c1-3-18-15-13(16)12-8(7-17-2)11-9(14)5-4-6-10(11)19-12/h4-6H,3,7H2,1-2H3,(H,15,16). The molecule has 2 aromatic rings. The molecule has 0 aliphatic carbocycles. The molecule has 0 radical (unpaired) electrons. The maximum absolute atomic E-state index is 13.9. The molecule has 0 spiro atoms. The van der Waals surface area contributed by atoms with Gasteiger partial charge in [-0.2, -0.15) is 0 Å². The van der Waals surface area contributed by atoms with E-state index in [1.165, 1.54) is 24.5 Å². The van der Waals surface area contributed by atoms with Crippen molar-refractivity contribution in [3.05, 3.63) is 34.5 Å². The lowest BCUT2D eigenvalue weighted by Gasteiger charge is -2.05. The van der Waals surface area contributed by atoms with Crippen LogP contribution in [-0.2, 0) is 16.2 Å². The number of carbonyl (C=O) groups excluding carboxylic acids is 1. The van der Waals surface area contributed by atoms with Crippen LogP contribution in [-0.4, -0.2) is 19.6 Å². The van der Waals surface area contributed by atoms with Crippen molar-refractivity contribution in [3.63, 3.8) is 0 Å². The van der Waals surface area contributed by atoms with Gasteiger partial charge in [-0.25, -0.2) is 9.87 Å². The van der Waals surface area contributed by atoms with Crippen LogP contribution < -0.4 is 5.48 Å². The van der Waals surface area contributed by atoms with E-state index in [0.29, 0.717) is 27.1 Å². The number of fused-ring (bicyclic) bond motifs is 1. The van der Waals surface area contributed by atoms with Crippen molar-refractivity contribution in [2.45, 2.75) is 13.5 Å². The zero-order chi connectivity index (χ0) is 13.8. The second-order valence-corrected chi connectivity index (χ2v) is 4.87. The van der Waals surface area contributed by atoms with Crippen LogP contribution in [0, 0.1) is 5.82 Å². The van der Waals surface area contributed by atoms with Gasteiger partial charge in [-0.1, -0.05) is 6.07 Å². The second kappa shape index (κ2) is 6.10. The van der Waals surface area contributed by atoms with Crippen molar-refractivity contribution in [2.24, 2.45) is 0 Å². The molecule has 1 N–H and O–H groups in total. The first-order valence-electron chi connectivity index (χ1n) is 5.80. The van der Waals surface area contributed by atoms with E-state index in [1.54, 1.807) is 19.1 Å². The molecule has 19 heavy (non-hydrogen) atoms. The van der Waals surface area contributed by atoms with Gasteiger partial charge in [-0.05, 0) is 19.1 Å². The van der Waals surface area contributed by atoms with E-state index in [9.17, 15) is 9.18 Å². The average Bonchev–Trinajstić information content (AvgIpc) is 2.77. The molecule has 4 nitrogen and oxygen atoms in total. The molecule has 0 fully saturated rings. The molecular formula is C13H14FNO3S. The molecule has 102 valence electrons. The van der Waals surface area contributed by atoms with Crippen molar-refractivity contribution in [2.75, 3.05) is 13.7 Å². The molecule has 0 aliphatic rings. The maximum Gasteiger partial charge on any atom is 0.285 e. The quantitative estimate of drug-likeness (QED) is 0.858. The monoisotopic (exact) mass is 283 g/mol. The highest BCUT2D eigenvalue weighted by molar-refractivity contribution is 7.21. The Hall–Kier alpha value is -1.50. The summed E-state index contributed by atoms with van der Waals surface area (Å²) in [6, 6.07) is 4.77. The summed E-state index contributed by atoms with van der Waals surface area (Å²) < 4.78 is 19.7. The zero-order valence-electron chi connectivity index (χ0n) is 10.7. The molecule has 1 amide bonds. The number of amides is 1. The van der Waals surface area contributed by atoms with Crippen LogP contribution in [0.25, 0.3) is 10.1 Å². The molecule has 0 aliphatic heterocycles. The molecule has 2 rings (SSSR count). The number of ether oxygens (including phenoxy) is 1. The summed E-state index contributed by atoms with van der Waals surface area (Å²) in [5.74, 6) is -0.731. The third-order valence-electron chi connectivity index (χ3n) is 2.57. The van der Waals surface area contributed by atoms with Crippen LogP contribution in [0.4, 0.5) is 4.39 Å². The average molecular weight is 283 g/mol. The van der Waals surface area contributed by atoms with E-state index < -0.39 is 0 Å². The van der Waals surface area contributed by atoms with Gasteiger partial charge in [-0.15, -0.1) is 11.3 Å². The van der Waals surface area contributed by atoms with Gasteiger partial charge < -0.3 is 4.74 Å². The number of nitrogens with one attached hydrogen (secondary N) is 1. The SMILES string of the molecule is CCONC(=O)c1sc2cccc(F)c2c1COC. The Labute approximate surface area is 114 Å². The van der Waals surface area contributed by atoms with Gasteiger partial charge in [0.1, 0.15) is 10.7 Å². The minimum atomic E-state index is -0.380. The second-order valence-electron chi connectivity index (χ2n) is 3.82. The minimum absolute atomic E-state index is 0.176. The summed E-state index contributed by atoms with van der Waals surface area (Å²) in [6.07, 6.45) is 0. The number of hydrogen-bond donors (Lipinski definition) is 1. The molecule has 1 heterocycles. The Morgan fingerprint density at radius 1 is 1.47 bits per heavy atom. The minimum Gasteiger partial charge on any atom is -0.380 e. The Morgan fingerprint density at radius 2 is 2.26 bits per heavy atom. The first-order chi connectivity index (χ1) is 9.19. The van der Waals surface area contributed by atoms with Gasteiger partial charge in [0, 0.05) is 22.8 Å². The number of thiophene rings is 1.